The molecule has 0 aliphatic carbocycles. The third-order valence-corrected chi connectivity index (χ3v) is 3.68. The molecule has 0 aromatic heterocycles. The molecule has 2 N–H and O–H groups in total. The number of carbonyl (C=O) groups excluding carboxylic acids is 1. The molecular formula is C12H20N2O3. The van der Waals surface area contributed by atoms with Crippen molar-refractivity contribution < 1.29 is 14.7 Å². The first-order valence-electron chi connectivity index (χ1n) is 6.47. The maximum Gasteiger partial charge on any atom is 0.326 e. The minimum atomic E-state index is -0.867. The van der Waals surface area contributed by atoms with Gasteiger partial charge in [0, 0.05) is 6.54 Å². The lowest BCUT2D eigenvalue weighted by Gasteiger charge is -2.36. The zero-order valence-corrected chi connectivity index (χ0v) is 10.0. The topological polar surface area (TPSA) is 69.6 Å². The van der Waals surface area contributed by atoms with Gasteiger partial charge in [-0.2, -0.15) is 0 Å². The molecular weight excluding hydrogens is 220 g/mol. The molecule has 5 nitrogen and oxygen atoms in total. The number of rotatable bonds is 2. The van der Waals surface area contributed by atoms with Crippen LogP contribution < -0.4 is 5.32 Å². The van der Waals surface area contributed by atoms with Crippen molar-refractivity contribution in [2.75, 3.05) is 13.1 Å². The van der Waals surface area contributed by atoms with E-state index >= 15 is 0 Å². The van der Waals surface area contributed by atoms with Crippen LogP contribution in [0.25, 0.3) is 0 Å². The summed E-state index contributed by atoms with van der Waals surface area (Å²) >= 11 is 0. The molecule has 0 bridgehead atoms. The monoisotopic (exact) mass is 240 g/mol. The molecule has 1 amide bonds. The highest BCUT2D eigenvalue weighted by Crippen LogP contribution is 2.20. The quantitative estimate of drug-likeness (QED) is 0.741. The molecule has 17 heavy (non-hydrogen) atoms. The summed E-state index contributed by atoms with van der Waals surface area (Å²) in [7, 11) is 0. The lowest BCUT2D eigenvalue weighted by molar-refractivity contribution is -0.153. The summed E-state index contributed by atoms with van der Waals surface area (Å²) in [4.78, 5) is 25.0. The highest BCUT2D eigenvalue weighted by atomic mass is 16.4. The van der Waals surface area contributed by atoms with Gasteiger partial charge in [-0.25, -0.2) is 4.79 Å². The number of nitrogens with zero attached hydrogens (tertiary/aromatic N) is 1. The van der Waals surface area contributed by atoms with Gasteiger partial charge in [0.15, 0.2) is 0 Å². The van der Waals surface area contributed by atoms with Crippen molar-refractivity contribution in [3.63, 3.8) is 0 Å². The van der Waals surface area contributed by atoms with Gasteiger partial charge >= 0.3 is 5.97 Å². The predicted octanol–water partition coefficient (Wildman–Crippen LogP) is 0.594. The van der Waals surface area contributed by atoms with Gasteiger partial charge in [0.05, 0.1) is 6.04 Å². The number of likely N-dealkylation sites (tertiary alicyclic amines) is 1. The molecule has 0 spiro atoms. The Morgan fingerprint density at radius 2 is 1.88 bits per heavy atom. The molecule has 5 heteroatoms. The van der Waals surface area contributed by atoms with Crippen LogP contribution in [0.15, 0.2) is 0 Å². The number of nitrogens with one attached hydrogen (secondary N) is 1. The molecule has 1 unspecified atom stereocenters. The summed E-state index contributed by atoms with van der Waals surface area (Å²) in [5.41, 5.74) is 0. The number of carbonyl (C=O) groups is 2. The lowest BCUT2D eigenvalue weighted by atomic mass is 9.98. The van der Waals surface area contributed by atoms with E-state index in [1.54, 1.807) is 4.90 Å². The summed E-state index contributed by atoms with van der Waals surface area (Å²) in [6, 6.07) is -0.774. The van der Waals surface area contributed by atoms with Gasteiger partial charge < -0.3 is 15.3 Å². The fourth-order valence-electron chi connectivity index (χ4n) is 2.71. The molecule has 2 saturated heterocycles. The minimum absolute atomic E-state index is 0.0169. The number of carboxylic acid groups (broad SMARTS) is 1. The van der Waals surface area contributed by atoms with Gasteiger partial charge in [0.1, 0.15) is 6.04 Å². The van der Waals surface area contributed by atoms with Gasteiger partial charge in [-0.1, -0.05) is 6.42 Å². The average Bonchev–Trinajstić information content (AvgIpc) is 2.39. The van der Waals surface area contributed by atoms with Crippen molar-refractivity contribution in [1.29, 1.82) is 0 Å². The van der Waals surface area contributed by atoms with Crippen LogP contribution in [0, 0.1) is 0 Å². The first-order chi connectivity index (χ1) is 8.20. The Hall–Kier alpha value is -1.10. The Morgan fingerprint density at radius 3 is 2.53 bits per heavy atom. The first-order valence-corrected chi connectivity index (χ1v) is 6.47. The highest BCUT2D eigenvalue weighted by molar-refractivity contribution is 5.87. The standard InChI is InChI=1S/C12H20N2O3/c15-11(9-5-1-3-7-13-9)14-8-4-2-6-10(14)12(16)17/h9-10,13H,1-8H2,(H,16,17)/t9?,10-/m0/s1. The van der Waals surface area contributed by atoms with Crippen molar-refractivity contribution >= 4 is 11.9 Å². The van der Waals surface area contributed by atoms with Gasteiger partial charge in [-0.05, 0) is 38.6 Å². The van der Waals surface area contributed by atoms with E-state index in [4.69, 9.17) is 5.11 Å². The van der Waals surface area contributed by atoms with E-state index in [1.807, 2.05) is 0 Å². The third-order valence-electron chi connectivity index (χ3n) is 3.68. The zero-order valence-electron chi connectivity index (χ0n) is 10.0. The predicted molar refractivity (Wildman–Crippen MR) is 62.6 cm³/mol. The van der Waals surface area contributed by atoms with Gasteiger partial charge in [-0.15, -0.1) is 0 Å². The summed E-state index contributed by atoms with van der Waals surface area (Å²) in [5.74, 6) is -0.884. The number of piperidine rings is 2. The van der Waals surface area contributed by atoms with Crippen LogP contribution in [0.5, 0.6) is 0 Å². The number of aliphatic carboxylic acids is 1. The second-order valence-corrected chi connectivity index (χ2v) is 4.88. The molecule has 2 atom stereocenters. The van der Waals surface area contributed by atoms with Crippen LogP contribution in [0.3, 0.4) is 0 Å². The largest absolute Gasteiger partial charge is 0.480 e. The van der Waals surface area contributed by atoms with E-state index in [9.17, 15) is 9.59 Å². The van der Waals surface area contributed by atoms with E-state index in [2.05, 4.69) is 5.32 Å². The Labute approximate surface area is 101 Å². The third kappa shape index (κ3) is 2.77. The summed E-state index contributed by atoms with van der Waals surface area (Å²) in [6.07, 6.45) is 5.40. The van der Waals surface area contributed by atoms with Crippen molar-refractivity contribution in [3.8, 4) is 0 Å². The second-order valence-electron chi connectivity index (χ2n) is 4.88. The van der Waals surface area contributed by atoms with E-state index in [1.165, 1.54) is 0 Å². The molecule has 2 aliphatic rings. The Balaban J connectivity index is 2.02. The Kier molecular flexibility index (Phi) is 3.99. The Morgan fingerprint density at radius 1 is 1.12 bits per heavy atom. The normalized spacial score (nSPS) is 30.0. The minimum Gasteiger partial charge on any atom is -0.480 e. The molecule has 0 aromatic carbocycles. The molecule has 96 valence electrons. The number of hydrogen-bond acceptors (Lipinski definition) is 3. The van der Waals surface area contributed by atoms with Crippen LogP contribution in [0.4, 0.5) is 0 Å². The van der Waals surface area contributed by atoms with Crippen molar-refractivity contribution in [3.05, 3.63) is 0 Å². The van der Waals surface area contributed by atoms with Crippen molar-refractivity contribution in [2.24, 2.45) is 0 Å². The Bertz CT molecular complexity index is 300. The van der Waals surface area contributed by atoms with E-state index in [-0.39, 0.29) is 11.9 Å². The fraction of sp³-hybridized carbons (Fsp3) is 0.833. The van der Waals surface area contributed by atoms with Crippen LogP contribution in [0.1, 0.15) is 38.5 Å². The van der Waals surface area contributed by atoms with Crippen LogP contribution in [-0.4, -0.2) is 47.1 Å². The SMILES string of the molecule is O=C(O)[C@@H]1CCCCN1C(=O)C1CCCCN1. The maximum atomic E-state index is 12.3. The van der Waals surface area contributed by atoms with E-state index < -0.39 is 12.0 Å². The second kappa shape index (κ2) is 5.49. The van der Waals surface area contributed by atoms with Gasteiger partial charge in [0.25, 0.3) is 0 Å². The number of hydrogen-bond donors (Lipinski definition) is 2. The molecule has 2 heterocycles. The average molecular weight is 240 g/mol. The summed E-state index contributed by atoms with van der Waals surface area (Å²) in [5, 5.41) is 12.3. The summed E-state index contributed by atoms with van der Waals surface area (Å²) < 4.78 is 0. The maximum absolute atomic E-state index is 12.3. The molecule has 2 fully saturated rings. The van der Waals surface area contributed by atoms with Crippen molar-refractivity contribution in [2.45, 2.75) is 50.6 Å². The molecule has 0 saturated carbocycles. The highest BCUT2D eigenvalue weighted by Gasteiger charge is 2.35. The summed E-state index contributed by atoms with van der Waals surface area (Å²) in [6.45, 7) is 1.45. The zero-order chi connectivity index (χ0) is 12.3. The lowest BCUT2D eigenvalue weighted by Crippen LogP contribution is -2.55. The van der Waals surface area contributed by atoms with Crippen LogP contribution in [0.2, 0.25) is 0 Å². The van der Waals surface area contributed by atoms with Gasteiger partial charge in [-0.3, -0.25) is 4.79 Å². The van der Waals surface area contributed by atoms with E-state index in [0.29, 0.717) is 13.0 Å². The molecule has 0 aromatic rings. The first kappa shape index (κ1) is 12.4. The van der Waals surface area contributed by atoms with Crippen LogP contribution in [-0.2, 0) is 9.59 Å². The molecule has 2 aliphatic heterocycles. The van der Waals surface area contributed by atoms with Crippen molar-refractivity contribution in [1.82, 2.24) is 10.2 Å². The fourth-order valence-corrected chi connectivity index (χ4v) is 2.71. The molecule has 0 radical (unpaired) electrons. The van der Waals surface area contributed by atoms with E-state index in [0.717, 1.165) is 38.6 Å². The van der Waals surface area contributed by atoms with Gasteiger partial charge in [0.2, 0.25) is 5.91 Å². The smallest absolute Gasteiger partial charge is 0.326 e. The van der Waals surface area contributed by atoms with Crippen LogP contribution >= 0.6 is 0 Å². The number of amides is 1. The molecule has 2 rings (SSSR count). The number of carboxylic acids is 1.